The Balaban J connectivity index is 2.41. The highest BCUT2D eigenvalue weighted by atomic mass is 19.4. The summed E-state index contributed by atoms with van der Waals surface area (Å²) in [5, 5.41) is 0. The first kappa shape index (κ1) is 11.9. The summed E-state index contributed by atoms with van der Waals surface area (Å²) in [5.74, 6) is 1.80. The van der Waals surface area contributed by atoms with Crippen molar-refractivity contribution in [2.45, 2.75) is 25.4 Å². The van der Waals surface area contributed by atoms with E-state index >= 15 is 0 Å². The largest absolute Gasteiger partial charge is 0.397 e. The molecule has 1 aliphatic rings. The summed E-state index contributed by atoms with van der Waals surface area (Å²) in [6.45, 7) is 0.674. The van der Waals surface area contributed by atoms with E-state index in [1.54, 1.807) is 0 Å². The van der Waals surface area contributed by atoms with Gasteiger partial charge in [0.1, 0.15) is 6.42 Å². The fourth-order valence-corrected chi connectivity index (χ4v) is 1.58. The standard InChI is InChI=1S/C10H12F3NO/c1-2-8-3-5-14(6-4-8)9(15)7-10(11,12)13/h1,8H,3-7H2. The molecule has 0 aromatic rings. The molecule has 1 saturated heterocycles. The summed E-state index contributed by atoms with van der Waals surface area (Å²) in [4.78, 5) is 12.4. The normalized spacial score (nSPS) is 18.7. The van der Waals surface area contributed by atoms with E-state index in [4.69, 9.17) is 6.42 Å². The van der Waals surface area contributed by atoms with E-state index in [1.165, 1.54) is 4.90 Å². The molecule has 0 spiro atoms. The number of likely N-dealkylation sites (tertiary alicyclic amines) is 1. The molecule has 0 saturated carbocycles. The van der Waals surface area contributed by atoms with Gasteiger partial charge in [0.15, 0.2) is 0 Å². The minimum atomic E-state index is -4.42. The smallest absolute Gasteiger partial charge is 0.342 e. The van der Waals surface area contributed by atoms with Gasteiger partial charge in [-0.25, -0.2) is 0 Å². The predicted octanol–water partition coefficient (Wildman–Crippen LogP) is 1.81. The van der Waals surface area contributed by atoms with E-state index in [0.29, 0.717) is 25.9 Å². The summed E-state index contributed by atoms with van der Waals surface area (Å²) in [6, 6.07) is 0. The van der Waals surface area contributed by atoms with E-state index in [0.717, 1.165) is 0 Å². The second-order valence-electron chi connectivity index (χ2n) is 3.61. The van der Waals surface area contributed by atoms with E-state index in [-0.39, 0.29) is 5.92 Å². The van der Waals surface area contributed by atoms with Crippen molar-refractivity contribution < 1.29 is 18.0 Å². The van der Waals surface area contributed by atoms with Gasteiger partial charge in [-0.3, -0.25) is 4.79 Å². The molecule has 15 heavy (non-hydrogen) atoms. The second-order valence-corrected chi connectivity index (χ2v) is 3.61. The van der Waals surface area contributed by atoms with Gasteiger partial charge in [-0.05, 0) is 12.8 Å². The molecular formula is C10H12F3NO. The molecule has 84 valence electrons. The Morgan fingerprint density at radius 3 is 2.33 bits per heavy atom. The van der Waals surface area contributed by atoms with Gasteiger partial charge in [0, 0.05) is 19.0 Å². The molecule has 0 aliphatic carbocycles. The topological polar surface area (TPSA) is 20.3 Å². The van der Waals surface area contributed by atoms with Crippen LogP contribution in [0.2, 0.25) is 0 Å². The number of halogens is 3. The number of alkyl halides is 3. The van der Waals surface area contributed by atoms with Crippen LogP contribution in [0.5, 0.6) is 0 Å². The van der Waals surface area contributed by atoms with Crippen molar-refractivity contribution >= 4 is 5.91 Å². The number of rotatable bonds is 1. The van der Waals surface area contributed by atoms with Crippen LogP contribution in [0.15, 0.2) is 0 Å². The van der Waals surface area contributed by atoms with Gasteiger partial charge in [0.25, 0.3) is 0 Å². The SMILES string of the molecule is C#CC1CCN(C(=O)CC(F)(F)F)CC1. The van der Waals surface area contributed by atoms with Crippen molar-refractivity contribution in [2.75, 3.05) is 13.1 Å². The quantitative estimate of drug-likeness (QED) is 0.616. The van der Waals surface area contributed by atoms with Crippen LogP contribution in [0, 0.1) is 18.3 Å². The third kappa shape index (κ3) is 3.82. The Morgan fingerprint density at radius 1 is 1.40 bits per heavy atom. The number of terminal acetylenes is 1. The zero-order valence-electron chi connectivity index (χ0n) is 8.18. The maximum absolute atomic E-state index is 11.9. The maximum Gasteiger partial charge on any atom is 0.397 e. The summed E-state index contributed by atoms with van der Waals surface area (Å²) >= 11 is 0. The minimum absolute atomic E-state index is 0.0972. The van der Waals surface area contributed by atoms with Crippen molar-refractivity contribution in [3.63, 3.8) is 0 Å². The first-order chi connectivity index (χ1) is 6.92. The minimum Gasteiger partial charge on any atom is -0.342 e. The third-order valence-electron chi connectivity index (χ3n) is 2.44. The molecule has 0 radical (unpaired) electrons. The number of hydrogen-bond acceptors (Lipinski definition) is 1. The average Bonchev–Trinajstić information content (AvgIpc) is 2.15. The Kier molecular flexibility index (Phi) is 3.61. The van der Waals surface area contributed by atoms with Crippen molar-refractivity contribution in [1.82, 2.24) is 4.90 Å². The lowest BCUT2D eigenvalue weighted by atomic mass is 9.98. The number of carbonyl (C=O) groups is 1. The fourth-order valence-electron chi connectivity index (χ4n) is 1.58. The van der Waals surface area contributed by atoms with Crippen molar-refractivity contribution in [2.24, 2.45) is 5.92 Å². The maximum atomic E-state index is 11.9. The highest BCUT2D eigenvalue weighted by Crippen LogP contribution is 2.23. The molecule has 0 bridgehead atoms. The highest BCUT2D eigenvalue weighted by molar-refractivity contribution is 5.76. The van der Waals surface area contributed by atoms with E-state index in [2.05, 4.69) is 5.92 Å². The van der Waals surface area contributed by atoms with Gasteiger partial charge in [-0.2, -0.15) is 13.2 Å². The summed E-state index contributed by atoms with van der Waals surface area (Å²) in [5.41, 5.74) is 0. The van der Waals surface area contributed by atoms with Gasteiger partial charge in [-0.1, -0.05) is 0 Å². The van der Waals surface area contributed by atoms with E-state index in [1.807, 2.05) is 0 Å². The molecule has 0 aromatic carbocycles. The zero-order chi connectivity index (χ0) is 11.5. The first-order valence-corrected chi connectivity index (χ1v) is 4.73. The lowest BCUT2D eigenvalue weighted by Crippen LogP contribution is -2.40. The molecule has 1 rings (SSSR count). The van der Waals surface area contributed by atoms with Crippen LogP contribution in [0.4, 0.5) is 13.2 Å². The Hall–Kier alpha value is -1.18. The van der Waals surface area contributed by atoms with Crippen molar-refractivity contribution in [3.05, 3.63) is 0 Å². The summed E-state index contributed by atoms with van der Waals surface area (Å²) < 4.78 is 35.8. The molecule has 0 aromatic heterocycles. The fraction of sp³-hybridized carbons (Fsp3) is 0.700. The number of hydrogen-bond donors (Lipinski definition) is 0. The number of piperidine rings is 1. The van der Waals surface area contributed by atoms with Gasteiger partial charge >= 0.3 is 6.18 Å². The predicted molar refractivity (Wildman–Crippen MR) is 48.8 cm³/mol. The average molecular weight is 219 g/mol. The molecule has 0 N–H and O–H groups in total. The monoisotopic (exact) mass is 219 g/mol. The number of carbonyl (C=O) groups excluding carboxylic acids is 1. The summed E-state index contributed by atoms with van der Waals surface area (Å²) in [6.07, 6.45) is 0.604. The van der Waals surface area contributed by atoms with Gasteiger partial charge in [0.05, 0.1) is 0 Å². The Labute approximate surface area is 86.4 Å². The van der Waals surface area contributed by atoms with Crippen LogP contribution in [0.1, 0.15) is 19.3 Å². The molecule has 1 aliphatic heterocycles. The van der Waals surface area contributed by atoms with Crippen LogP contribution in [0.25, 0.3) is 0 Å². The second kappa shape index (κ2) is 4.56. The number of amides is 1. The molecule has 1 fully saturated rings. The molecular weight excluding hydrogens is 207 g/mol. The Bertz CT molecular complexity index is 271. The van der Waals surface area contributed by atoms with Crippen LogP contribution in [0.3, 0.4) is 0 Å². The molecule has 0 unspecified atom stereocenters. The van der Waals surface area contributed by atoms with Crippen LogP contribution >= 0.6 is 0 Å². The zero-order valence-corrected chi connectivity index (χ0v) is 8.18. The third-order valence-corrected chi connectivity index (χ3v) is 2.44. The lowest BCUT2D eigenvalue weighted by Gasteiger charge is -2.30. The van der Waals surface area contributed by atoms with Crippen molar-refractivity contribution in [1.29, 1.82) is 0 Å². The van der Waals surface area contributed by atoms with Crippen LogP contribution in [-0.2, 0) is 4.79 Å². The van der Waals surface area contributed by atoms with Crippen molar-refractivity contribution in [3.8, 4) is 12.3 Å². The Morgan fingerprint density at radius 2 is 1.93 bits per heavy atom. The summed E-state index contributed by atoms with van der Waals surface area (Å²) in [7, 11) is 0. The molecule has 2 nitrogen and oxygen atoms in total. The van der Waals surface area contributed by atoms with E-state index in [9.17, 15) is 18.0 Å². The molecule has 1 heterocycles. The lowest BCUT2D eigenvalue weighted by molar-refractivity contribution is -0.162. The van der Waals surface area contributed by atoms with Gasteiger partial charge < -0.3 is 4.90 Å². The first-order valence-electron chi connectivity index (χ1n) is 4.73. The highest BCUT2D eigenvalue weighted by Gasteiger charge is 2.34. The van der Waals surface area contributed by atoms with Crippen LogP contribution < -0.4 is 0 Å². The molecule has 5 heteroatoms. The molecule has 1 amide bonds. The van der Waals surface area contributed by atoms with E-state index < -0.39 is 18.5 Å². The van der Waals surface area contributed by atoms with Gasteiger partial charge in [-0.15, -0.1) is 12.3 Å². The number of nitrogens with zero attached hydrogens (tertiary/aromatic N) is 1. The molecule has 0 atom stereocenters. The van der Waals surface area contributed by atoms with Crippen LogP contribution in [-0.4, -0.2) is 30.1 Å². The van der Waals surface area contributed by atoms with Gasteiger partial charge in [0.2, 0.25) is 5.91 Å².